The molecule has 0 radical (unpaired) electrons. The van der Waals surface area contributed by atoms with Crippen LogP contribution in [0.1, 0.15) is 24.8 Å². The van der Waals surface area contributed by atoms with Gasteiger partial charge in [0.25, 0.3) is 0 Å². The molecule has 1 aromatic rings. The van der Waals surface area contributed by atoms with Gasteiger partial charge in [-0.3, -0.25) is 4.79 Å². The molecule has 106 valence electrons. The Kier molecular flexibility index (Phi) is 5.14. The van der Waals surface area contributed by atoms with Gasteiger partial charge in [0.15, 0.2) is 11.6 Å². The summed E-state index contributed by atoms with van der Waals surface area (Å²) in [6.07, 6.45) is -3.57. The van der Waals surface area contributed by atoms with Gasteiger partial charge in [0.2, 0.25) is 0 Å². The molecule has 0 spiro atoms. The van der Waals surface area contributed by atoms with Gasteiger partial charge in [0, 0.05) is 6.42 Å². The highest BCUT2D eigenvalue weighted by Gasteiger charge is 2.32. The topological polar surface area (TPSA) is 46.5 Å². The van der Waals surface area contributed by atoms with Crippen molar-refractivity contribution in [3.8, 4) is 5.75 Å². The number of unbranched alkanes of at least 4 members (excludes halogenated alkanes) is 1. The molecule has 1 N–H and O–H groups in total. The summed E-state index contributed by atoms with van der Waals surface area (Å²) < 4.78 is 52.5. The molecule has 0 aromatic heterocycles. The molecule has 0 aliphatic heterocycles. The highest BCUT2D eigenvalue weighted by atomic mass is 19.4. The van der Waals surface area contributed by atoms with Gasteiger partial charge in [0.1, 0.15) is 0 Å². The molecule has 0 atom stereocenters. The molecule has 0 saturated carbocycles. The first kappa shape index (κ1) is 15.3. The highest BCUT2D eigenvalue weighted by Crippen LogP contribution is 2.26. The third kappa shape index (κ3) is 6.08. The van der Waals surface area contributed by atoms with E-state index < -0.39 is 23.9 Å². The maximum absolute atomic E-state index is 13.3. The van der Waals surface area contributed by atoms with Gasteiger partial charge in [-0.15, -0.1) is 13.2 Å². The molecule has 0 unspecified atom stereocenters. The number of carbonyl (C=O) groups is 1. The predicted molar refractivity (Wildman–Crippen MR) is 58.3 cm³/mol. The Morgan fingerprint density at radius 1 is 1.26 bits per heavy atom. The summed E-state index contributed by atoms with van der Waals surface area (Å²) >= 11 is 0. The fraction of sp³-hybridized carbons (Fsp3) is 0.417. The lowest BCUT2D eigenvalue weighted by Crippen LogP contribution is -2.18. The second-order valence-corrected chi connectivity index (χ2v) is 3.91. The Labute approximate surface area is 106 Å². The van der Waals surface area contributed by atoms with Crippen LogP contribution in [0, 0.1) is 5.82 Å². The summed E-state index contributed by atoms with van der Waals surface area (Å²) in [4.78, 5) is 10.3. The number of benzene rings is 1. The van der Waals surface area contributed by atoms with Gasteiger partial charge >= 0.3 is 12.3 Å². The van der Waals surface area contributed by atoms with Crippen LogP contribution in [0.5, 0.6) is 5.75 Å². The molecular formula is C12H12F4O3. The largest absolute Gasteiger partial charge is 0.573 e. The number of carboxylic acid groups (broad SMARTS) is 1. The number of rotatable bonds is 6. The third-order valence-corrected chi connectivity index (χ3v) is 2.33. The van der Waals surface area contributed by atoms with Crippen molar-refractivity contribution in [2.45, 2.75) is 32.0 Å². The molecule has 1 rings (SSSR count). The summed E-state index contributed by atoms with van der Waals surface area (Å²) in [5, 5.41) is 8.42. The van der Waals surface area contributed by atoms with Crippen LogP contribution >= 0.6 is 0 Å². The van der Waals surface area contributed by atoms with E-state index in [1.165, 1.54) is 6.07 Å². The van der Waals surface area contributed by atoms with E-state index in [0.717, 1.165) is 12.1 Å². The first-order valence-electron chi connectivity index (χ1n) is 5.54. The number of alkyl halides is 3. The van der Waals surface area contributed by atoms with Crippen molar-refractivity contribution in [1.82, 2.24) is 0 Å². The lowest BCUT2D eigenvalue weighted by molar-refractivity contribution is -0.275. The summed E-state index contributed by atoms with van der Waals surface area (Å²) in [6, 6.07) is 3.20. The van der Waals surface area contributed by atoms with Crippen LogP contribution in [0.4, 0.5) is 17.6 Å². The average molecular weight is 280 g/mol. The van der Waals surface area contributed by atoms with E-state index in [2.05, 4.69) is 4.74 Å². The van der Waals surface area contributed by atoms with Crippen molar-refractivity contribution >= 4 is 5.97 Å². The SMILES string of the molecule is O=C(O)CCCCc1ccc(OC(F)(F)F)c(F)c1. The van der Waals surface area contributed by atoms with E-state index in [4.69, 9.17) is 5.11 Å². The van der Waals surface area contributed by atoms with Crippen LogP contribution in [0.15, 0.2) is 18.2 Å². The van der Waals surface area contributed by atoms with Crippen molar-refractivity contribution in [1.29, 1.82) is 0 Å². The first-order chi connectivity index (χ1) is 8.78. The molecule has 7 heteroatoms. The second-order valence-electron chi connectivity index (χ2n) is 3.91. The number of hydrogen-bond acceptors (Lipinski definition) is 2. The Balaban J connectivity index is 2.54. The van der Waals surface area contributed by atoms with Crippen LogP contribution in [0.3, 0.4) is 0 Å². The first-order valence-corrected chi connectivity index (χ1v) is 5.54. The van der Waals surface area contributed by atoms with Gasteiger partial charge in [-0.05, 0) is 37.0 Å². The summed E-state index contributed by atoms with van der Waals surface area (Å²) in [5.74, 6) is -2.88. The van der Waals surface area contributed by atoms with Crippen molar-refractivity contribution in [3.63, 3.8) is 0 Å². The van der Waals surface area contributed by atoms with Crippen molar-refractivity contribution in [3.05, 3.63) is 29.6 Å². The number of aryl methyl sites for hydroxylation is 1. The van der Waals surface area contributed by atoms with Crippen LogP contribution in [0.2, 0.25) is 0 Å². The fourth-order valence-corrected chi connectivity index (χ4v) is 1.51. The minimum atomic E-state index is -4.93. The highest BCUT2D eigenvalue weighted by molar-refractivity contribution is 5.66. The lowest BCUT2D eigenvalue weighted by Gasteiger charge is -2.10. The molecule has 0 aliphatic rings. The molecule has 0 fully saturated rings. The van der Waals surface area contributed by atoms with E-state index in [1.54, 1.807) is 0 Å². The molecule has 0 bridgehead atoms. The van der Waals surface area contributed by atoms with Crippen LogP contribution < -0.4 is 4.74 Å². The quantitative estimate of drug-likeness (QED) is 0.640. The Morgan fingerprint density at radius 2 is 1.95 bits per heavy atom. The smallest absolute Gasteiger partial charge is 0.481 e. The van der Waals surface area contributed by atoms with Crippen LogP contribution in [0.25, 0.3) is 0 Å². The molecular weight excluding hydrogens is 268 g/mol. The molecule has 1 aromatic carbocycles. The second kappa shape index (κ2) is 6.40. The van der Waals surface area contributed by atoms with Gasteiger partial charge in [-0.2, -0.15) is 0 Å². The van der Waals surface area contributed by atoms with Gasteiger partial charge in [-0.1, -0.05) is 6.07 Å². The zero-order valence-corrected chi connectivity index (χ0v) is 9.84. The van der Waals surface area contributed by atoms with E-state index in [-0.39, 0.29) is 6.42 Å². The monoisotopic (exact) mass is 280 g/mol. The molecule has 0 heterocycles. The number of ether oxygens (including phenoxy) is 1. The van der Waals surface area contributed by atoms with Gasteiger partial charge in [-0.25, -0.2) is 4.39 Å². The Morgan fingerprint density at radius 3 is 2.47 bits per heavy atom. The van der Waals surface area contributed by atoms with E-state index >= 15 is 0 Å². The Hall–Kier alpha value is -1.79. The van der Waals surface area contributed by atoms with E-state index in [9.17, 15) is 22.4 Å². The Bertz CT molecular complexity index is 443. The number of halogens is 4. The maximum atomic E-state index is 13.3. The molecule has 0 aliphatic carbocycles. The van der Waals surface area contributed by atoms with E-state index in [0.29, 0.717) is 24.8 Å². The number of aliphatic carboxylic acids is 1. The molecule has 0 amide bonds. The zero-order valence-electron chi connectivity index (χ0n) is 9.84. The van der Waals surface area contributed by atoms with Crippen molar-refractivity contribution in [2.24, 2.45) is 0 Å². The lowest BCUT2D eigenvalue weighted by atomic mass is 10.1. The zero-order chi connectivity index (χ0) is 14.5. The average Bonchev–Trinajstić information content (AvgIpc) is 2.26. The molecule has 0 saturated heterocycles. The molecule has 3 nitrogen and oxygen atoms in total. The van der Waals surface area contributed by atoms with Crippen LogP contribution in [-0.2, 0) is 11.2 Å². The summed E-state index contributed by atoms with van der Waals surface area (Å²) in [6.45, 7) is 0. The standard InChI is InChI=1S/C12H12F4O3/c13-9-7-8(3-1-2-4-11(17)18)5-6-10(9)19-12(14,15)16/h5-7H,1-4H2,(H,17,18). The molecule has 19 heavy (non-hydrogen) atoms. The van der Waals surface area contributed by atoms with Crippen LogP contribution in [-0.4, -0.2) is 17.4 Å². The normalized spacial score (nSPS) is 11.4. The number of carboxylic acids is 1. The number of hydrogen-bond donors (Lipinski definition) is 1. The minimum Gasteiger partial charge on any atom is -0.481 e. The summed E-state index contributed by atoms with van der Waals surface area (Å²) in [5.41, 5.74) is 0.498. The predicted octanol–water partition coefficient (Wildman–Crippen LogP) is 3.52. The third-order valence-electron chi connectivity index (χ3n) is 2.33. The van der Waals surface area contributed by atoms with Crippen molar-refractivity contribution in [2.75, 3.05) is 0 Å². The van der Waals surface area contributed by atoms with E-state index in [1.807, 2.05) is 0 Å². The minimum absolute atomic E-state index is 0.0117. The van der Waals surface area contributed by atoms with Gasteiger partial charge in [0.05, 0.1) is 0 Å². The van der Waals surface area contributed by atoms with Crippen molar-refractivity contribution < 1.29 is 32.2 Å². The fourth-order valence-electron chi connectivity index (χ4n) is 1.51. The van der Waals surface area contributed by atoms with Gasteiger partial charge < -0.3 is 9.84 Å². The summed E-state index contributed by atoms with van der Waals surface area (Å²) in [7, 11) is 0. The maximum Gasteiger partial charge on any atom is 0.573 e.